The molecule has 6 nitrogen and oxygen atoms in total. The Morgan fingerprint density at radius 2 is 2.07 bits per heavy atom. The fraction of sp³-hybridized carbons (Fsp3) is 0.400. The number of carbonyl (C=O) groups is 1. The van der Waals surface area contributed by atoms with Crippen LogP contribution >= 0.6 is 11.8 Å². The third kappa shape index (κ3) is 5.20. The Hall–Kier alpha value is -2.59. The minimum Gasteiger partial charge on any atom is -0.470 e. The number of carbonyl (C=O) groups excluding carboxylic acids is 1. The summed E-state index contributed by atoms with van der Waals surface area (Å²) in [6.07, 6.45) is 3.89. The molecule has 3 rings (SSSR count). The van der Waals surface area contributed by atoms with E-state index in [1.165, 1.54) is 17.3 Å². The molecule has 1 aromatic carbocycles. The molecule has 1 atom stereocenters. The summed E-state index contributed by atoms with van der Waals surface area (Å²) in [5.41, 5.74) is 1.18. The van der Waals surface area contributed by atoms with Gasteiger partial charge in [-0.05, 0) is 17.7 Å². The Kier molecular flexibility index (Phi) is 6.30. The summed E-state index contributed by atoms with van der Waals surface area (Å²) in [7, 11) is 0. The van der Waals surface area contributed by atoms with Gasteiger partial charge >= 0.3 is 0 Å². The maximum absolute atomic E-state index is 12.6. The van der Waals surface area contributed by atoms with Crippen molar-refractivity contribution in [3.8, 4) is 11.9 Å². The number of ether oxygens (including phenoxy) is 1. The average Bonchev–Trinajstić information content (AvgIpc) is 3.12. The van der Waals surface area contributed by atoms with Gasteiger partial charge in [0, 0.05) is 35.5 Å². The summed E-state index contributed by atoms with van der Waals surface area (Å²) in [5, 5.41) is 9.60. The molecule has 1 aromatic heterocycles. The zero-order valence-corrected chi connectivity index (χ0v) is 16.3. The fourth-order valence-corrected chi connectivity index (χ4v) is 3.78. The molecule has 0 bridgehead atoms. The van der Waals surface area contributed by atoms with E-state index in [1.807, 2.05) is 34.9 Å². The number of benzene rings is 1. The van der Waals surface area contributed by atoms with E-state index in [2.05, 4.69) is 35.9 Å². The molecule has 27 heavy (non-hydrogen) atoms. The number of aromatic nitrogens is 2. The van der Waals surface area contributed by atoms with Gasteiger partial charge in [-0.25, -0.2) is 9.97 Å². The van der Waals surface area contributed by atoms with Crippen molar-refractivity contribution < 1.29 is 9.53 Å². The second-order valence-electron chi connectivity index (χ2n) is 6.68. The first kappa shape index (κ1) is 19.2. The molecule has 0 spiro atoms. The Bertz CT molecular complexity index is 833. The molecular formula is C20H22N4O2S. The highest BCUT2D eigenvalue weighted by atomic mass is 32.2. The molecule has 1 amide bonds. The lowest BCUT2D eigenvalue weighted by molar-refractivity contribution is -0.129. The molecule has 0 aliphatic carbocycles. The van der Waals surface area contributed by atoms with Crippen LogP contribution in [-0.4, -0.2) is 45.2 Å². The van der Waals surface area contributed by atoms with E-state index < -0.39 is 0 Å². The van der Waals surface area contributed by atoms with Gasteiger partial charge in [-0.15, -0.1) is 11.8 Å². The van der Waals surface area contributed by atoms with E-state index >= 15 is 0 Å². The number of nitriles is 1. The Labute approximate surface area is 163 Å². The van der Waals surface area contributed by atoms with Crippen molar-refractivity contribution >= 4 is 17.7 Å². The Balaban J connectivity index is 1.54. The molecule has 0 radical (unpaired) electrons. The van der Waals surface area contributed by atoms with E-state index in [9.17, 15) is 4.79 Å². The van der Waals surface area contributed by atoms with Crippen LogP contribution in [0.4, 0.5) is 0 Å². The van der Waals surface area contributed by atoms with Gasteiger partial charge in [0.25, 0.3) is 5.88 Å². The van der Waals surface area contributed by atoms with E-state index in [0.29, 0.717) is 24.8 Å². The quantitative estimate of drug-likeness (QED) is 0.715. The van der Waals surface area contributed by atoms with E-state index in [-0.39, 0.29) is 23.6 Å². The summed E-state index contributed by atoms with van der Waals surface area (Å²) in [4.78, 5) is 23.6. The van der Waals surface area contributed by atoms with Crippen molar-refractivity contribution in [2.45, 2.75) is 42.9 Å². The van der Waals surface area contributed by atoms with Crippen molar-refractivity contribution in [1.29, 1.82) is 5.26 Å². The van der Waals surface area contributed by atoms with E-state index in [4.69, 9.17) is 10.00 Å². The molecule has 2 aromatic rings. The minimum atomic E-state index is -0.164. The molecule has 7 heteroatoms. The molecule has 1 fully saturated rings. The van der Waals surface area contributed by atoms with Crippen molar-refractivity contribution in [3.63, 3.8) is 0 Å². The summed E-state index contributed by atoms with van der Waals surface area (Å²) in [6.45, 7) is 5.47. The maximum atomic E-state index is 12.6. The van der Waals surface area contributed by atoms with Gasteiger partial charge in [0.1, 0.15) is 12.2 Å². The van der Waals surface area contributed by atoms with Gasteiger partial charge in [0.2, 0.25) is 11.6 Å². The van der Waals surface area contributed by atoms with Crippen molar-refractivity contribution in [2.24, 2.45) is 0 Å². The number of likely N-dealkylation sites (tertiary alicyclic amines) is 1. The van der Waals surface area contributed by atoms with Gasteiger partial charge < -0.3 is 9.64 Å². The largest absolute Gasteiger partial charge is 0.470 e. The fourth-order valence-electron chi connectivity index (χ4n) is 2.94. The van der Waals surface area contributed by atoms with Gasteiger partial charge in [-0.2, -0.15) is 5.26 Å². The molecule has 0 saturated carbocycles. The normalized spacial score (nSPS) is 16.4. The maximum Gasteiger partial charge on any atom is 0.251 e. The molecule has 1 unspecified atom stereocenters. The number of hydrogen-bond acceptors (Lipinski definition) is 6. The summed E-state index contributed by atoms with van der Waals surface area (Å²) < 4.78 is 5.79. The first-order chi connectivity index (χ1) is 13.0. The van der Waals surface area contributed by atoms with Gasteiger partial charge in [-0.3, -0.25) is 4.79 Å². The number of thioether (sulfide) groups is 1. The summed E-state index contributed by atoms with van der Waals surface area (Å²) in [6, 6.07) is 10.2. The highest BCUT2D eigenvalue weighted by molar-refractivity contribution is 7.99. The number of nitrogens with zero attached hydrogens (tertiary/aromatic N) is 4. The molecule has 1 aliphatic heterocycles. The second kappa shape index (κ2) is 8.87. The third-order valence-corrected chi connectivity index (χ3v) is 5.21. The van der Waals surface area contributed by atoms with Crippen LogP contribution in [0.5, 0.6) is 5.88 Å². The van der Waals surface area contributed by atoms with E-state index in [0.717, 1.165) is 12.0 Å². The van der Waals surface area contributed by atoms with Gasteiger partial charge in [-0.1, -0.05) is 26.0 Å². The monoisotopic (exact) mass is 382 g/mol. The van der Waals surface area contributed by atoms with Crippen LogP contribution in [0, 0.1) is 11.3 Å². The van der Waals surface area contributed by atoms with Crippen LogP contribution in [-0.2, 0) is 11.2 Å². The van der Waals surface area contributed by atoms with Crippen LogP contribution in [0.2, 0.25) is 0 Å². The summed E-state index contributed by atoms with van der Waals surface area (Å²) in [5.74, 6) is 0.322. The summed E-state index contributed by atoms with van der Waals surface area (Å²) >= 11 is 1.81. The zero-order chi connectivity index (χ0) is 19.2. The van der Waals surface area contributed by atoms with Crippen LogP contribution < -0.4 is 4.74 Å². The molecule has 2 heterocycles. The average molecular weight is 382 g/mol. The van der Waals surface area contributed by atoms with Crippen molar-refractivity contribution in [1.82, 2.24) is 14.9 Å². The topological polar surface area (TPSA) is 79.1 Å². The minimum absolute atomic E-state index is 0.0880. The standard InChI is InChI=1S/C20H22N4O2S/c1-14(2)27-17-5-3-15(4-6-17)11-19(25)24-10-7-16(13-24)26-20-18(12-21)22-8-9-23-20/h3-6,8-9,14,16H,7,10-11,13H2,1-2H3. The SMILES string of the molecule is CC(C)Sc1ccc(CC(=O)N2CCC(Oc3nccnc3C#N)C2)cc1. The van der Waals surface area contributed by atoms with Crippen molar-refractivity contribution in [3.05, 3.63) is 47.9 Å². The number of rotatable bonds is 6. The lowest BCUT2D eigenvalue weighted by Gasteiger charge is -2.17. The van der Waals surface area contributed by atoms with Gasteiger partial charge in [0.05, 0.1) is 13.0 Å². The van der Waals surface area contributed by atoms with Crippen LogP contribution in [0.1, 0.15) is 31.5 Å². The van der Waals surface area contributed by atoms with Gasteiger partial charge in [0.15, 0.2) is 0 Å². The Morgan fingerprint density at radius 3 is 2.78 bits per heavy atom. The highest BCUT2D eigenvalue weighted by Crippen LogP contribution is 2.23. The molecule has 1 aliphatic rings. The van der Waals surface area contributed by atoms with E-state index in [1.54, 1.807) is 0 Å². The predicted molar refractivity (Wildman–Crippen MR) is 103 cm³/mol. The van der Waals surface area contributed by atoms with Crippen molar-refractivity contribution in [2.75, 3.05) is 13.1 Å². The molecule has 1 saturated heterocycles. The predicted octanol–water partition coefficient (Wildman–Crippen LogP) is 3.07. The Morgan fingerprint density at radius 1 is 1.33 bits per heavy atom. The third-order valence-electron chi connectivity index (χ3n) is 4.20. The highest BCUT2D eigenvalue weighted by Gasteiger charge is 2.28. The molecule has 140 valence electrons. The number of amides is 1. The molecule has 0 N–H and O–H groups in total. The first-order valence-electron chi connectivity index (χ1n) is 8.96. The number of hydrogen-bond donors (Lipinski definition) is 0. The van der Waals surface area contributed by atoms with Crippen LogP contribution in [0.25, 0.3) is 0 Å². The van der Waals surface area contributed by atoms with Crippen LogP contribution in [0.3, 0.4) is 0 Å². The lowest BCUT2D eigenvalue weighted by atomic mass is 10.1. The smallest absolute Gasteiger partial charge is 0.251 e. The van der Waals surface area contributed by atoms with Crippen LogP contribution in [0.15, 0.2) is 41.6 Å². The lowest BCUT2D eigenvalue weighted by Crippen LogP contribution is -2.32. The first-order valence-corrected chi connectivity index (χ1v) is 9.84. The zero-order valence-electron chi connectivity index (χ0n) is 15.5. The second-order valence-corrected chi connectivity index (χ2v) is 8.33. The molecular weight excluding hydrogens is 360 g/mol.